The fourth-order valence-corrected chi connectivity index (χ4v) is 9.86. The number of carbonyl (C=O) groups is 5. The Kier molecular flexibility index (Phi) is 22.4. The lowest BCUT2D eigenvalue weighted by atomic mass is 9.82. The van der Waals surface area contributed by atoms with E-state index in [-0.39, 0.29) is 54.2 Å². The van der Waals surface area contributed by atoms with Gasteiger partial charge in [0.05, 0.1) is 48.2 Å². The fourth-order valence-electron chi connectivity index (χ4n) is 8.15. The largest absolute Gasteiger partial charge is 0.448 e. The Labute approximate surface area is 388 Å². The fraction of sp³-hybridized carbons (Fsp3) is 0.696. The summed E-state index contributed by atoms with van der Waals surface area (Å²) < 4.78 is 17.4. The SMILES string of the molecule is CC[C@H](C)[C@@H]([C@@H](CC(=O)N1CCC[C@H]1[C@H](OC)[C@@H](C)C(=O)N[C@@H](Cc1ccc(NC(=O)OCCSSC)cc1)c1nccs1)OC)N(C)C(=O)[C@@H](CC(=O)C(C)(C)N(C)C)C(C)C. The number of nitrogens with one attached hydrogen (secondary N) is 2. The smallest absolute Gasteiger partial charge is 0.411 e. The second-order valence-electron chi connectivity index (χ2n) is 17.6. The molecule has 2 N–H and O–H groups in total. The number of thiazole rings is 1. The number of hydrogen-bond acceptors (Lipinski definition) is 13. The number of Topliss-reactive ketones (excluding diaryl/α,β-unsaturated/α-hetero) is 1. The highest BCUT2D eigenvalue weighted by Crippen LogP contribution is 2.32. The van der Waals surface area contributed by atoms with Crippen LogP contribution in [0.4, 0.5) is 10.5 Å². The van der Waals surface area contributed by atoms with E-state index in [0.717, 1.165) is 23.4 Å². The molecular formula is C46H74N6O8S3. The van der Waals surface area contributed by atoms with E-state index in [1.165, 1.54) is 11.3 Å². The molecule has 354 valence electrons. The maximum absolute atomic E-state index is 14.4. The van der Waals surface area contributed by atoms with Gasteiger partial charge >= 0.3 is 6.09 Å². The number of nitrogens with zero attached hydrogens (tertiary/aromatic N) is 4. The van der Waals surface area contributed by atoms with Crippen LogP contribution in [-0.2, 0) is 39.8 Å². The van der Waals surface area contributed by atoms with Crippen molar-refractivity contribution < 1.29 is 38.2 Å². The molecule has 2 aromatic rings. The number of anilines is 1. The van der Waals surface area contributed by atoms with Gasteiger partial charge < -0.3 is 29.3 Å². The van der Waals surface area contributed by atoms with Crippen LogP contribution in [0.2, 0.25) is 0 Å². The zero-order valence-corrected chi connectivity index (χ0v) is 42.3. The minimum atomic E-state index is -0.727. The van der Waals surface area contributed by atoms with Crippen LogP contribution in [0.5, 0.6) is 0 Å². The van der Waals surface area contributed by atoms with Crippen LogP contribution in [-0.4, -0.2) is 140 Å². The number of rotatable bonds is 26. The van der Waals surface area contributed by atoms with Crippen molar-refractivity contribution in [1.82, 2.24) is 25.0 Å². The lowest BCUT2D eigenvalue weighted by Crippen LogP contribution is -2.55. The number of benzene rings is 1. The van der Waals surface area contributed by atoms with Gasteiger partial charge in [-0.1, -0.05) is 74.8 Å². The Morgan fingerprint density at radius 1 is 1.02 bits per heavy atom. The Balaban J connectivity index is 1.75. The van der Waals surface area contributed by atoms with Crippen molar-refractivity contribution in [3.63, 3.8) is 0 Å². The van der Waals surface area contributed by atoms with Gasteiger partial charge in [0.2, 0.25) is 17.7 Å². The minimum absolute atomic E-state index is 0.00253. The lowest BCUT2D eigenvalue weighted by Gasteiger charge is -2.41. The van der Waals surface area contributed by atoms with E-state index in [1.807, 2.05) is 82.3 Å². The van der Waals surface area contributed by atoms with Crippen molar-refractivity contribution in [3.8, 4) is 0 Å². The number of likely N-dealkylation sites (N-methyl/N-ethyl adjacent to an activating group) is 2. The predicted molar refractivity (Wildman–Crippen MR) is 256 cm³/mol. The van der Waals surface area contributed by atoms with Crippen LogP contribution in [0.15, 0.2) is 35.8 Å². The first-order valence-electron chi connectivity index (χ1n) is 22.0. The molecule has 0 bridgehead atoms. The van der Waals surface area contributed by atoms with Crippen LogP contribution < -0.4 is 10.6 Å². The second-order valence-corrected chi connectivity index (χ2v) is 21.2. The summed E-state index contributed by atoms with van der Waals surface area (Å²) >= 11 is 1.45. The Morgan fingerprint density at radius 3 is 2.25 bits per heavy atom. The summed E-state index contributed by atoms with van der Waals surface area (Å²) in [6.45, 7) is 14.5. The summed E-state index contributed by atoms with van der Waals surface area (Å²) in [5, 5.41) is 8.60. The molecule has 1 aliphatic rings. The predicted octanol–water partition coefficient (Wildman–Crippen LogP) is 7.59. The number of ketones is 1. The molecule has 14 nitrogen and oxygen atoms in total. The number of hydrogen-bond donors (Lipinski definition) is 2. The first-order chi connectivity index (χ1) is 29.8. The van der Waals surface area contributed by atoms with E-state index in [4.69, 9.17) is 14.2 Å². The summed E-state index contributed by atoms with van der Waals surface area (Å²) in [4.78, 5) is 78.5. The highest BCUT2D eigenvalue weighted by atomic mass is 33.1. The van der Waals surface area contributed by atoms with Gasteiger partial charge in [-0.05, 0) is 83.0 Å². The van der Waals surface area contributed by atoms with Gasteiger partial charge in [0.1, 0.15) is 11.6 Å². The van der Waals surface area contributed by atoms with Crippen LogP contribution >= 0.6 is 32.9 Å². The highest BCUT2D eigenvalue weighted by Gasteiger charge is 2.44. The second kappa shape index (κ2) is 26.1. The normalized spacial score (nSPS) is 17.7. The van der Waals surface area contributed by atoms with Crippen LogP contribution in [0.25, 0.3) is 0 Å². The summed E-state index contributed by atoms with van der Waals surface area (Å²) in [6.07, 6.45) is 4.75. The van der Waals surface area contributed by atoms with Crippen LogP contribution in [0.1, 0.15) is 97.2 Å². The highest BCUT2D eigenvalue weighted by molar-refractivity contribution is 8.76. The van der Waals surface area contributed by atoms with E-state index in [1.54, 1.807) is 66.1 Å². The average Bonchev–Trinajstić information content (AvgIpc) is 3.98. The maximum Gasteiger partial charge on any atom is 0.411 e. The number of methoxy groups -OCH3 is 2. The lowest BCUT2D eigenvalue weighted by molar-refractivity contribution is -0.149. The maximum atomic E-state index is 14.4. The molecule has 0 saturated carbocycles. The van der Waals surface area contributed by atoms with Crippen molar-refractivity contribution >= 4 is 68.2 Å². The van der Waals surface area contributed by atoms with E-state index in [0.29, 0.717) is 37.4 Å². The van der Waals surface area contributed by atoms with Crippen molar-refractivity contribution in [2.45, 2.75) is 123 Å². The monoisotopic (exact) mass is 934 g/mol. The molecule has 0 radical (unpaired) electrons. The quantitative estimate of drug-likeness (QED) is 0.0704. The van der Waals surface area contributed by atoms with E-state index in [2.05, 4.69) is 29.5 Å². The van der Waals surface area contributed by atoms with E-state index < -0.39 is 47.8 Å². The molecule has 1 aliphatic heterocycles. The van der Waals surface area contributed by atoms with E-state index in [9.17, 15) is 24.0 Å². The number of likely N-dealkylation sites (tertiary alicyclic amines) is 1. The first kappa shape index (κ1) is 54.1. The Hall–Kier alpha value is -3.22. The molecule has 0 aliphatic carbocycles. The number of ether oxygens (including phenoxy) is 3. The molecule has 63 heavy (non-hydrogen) atoms. The molecule has 3 rings (SSSR count). The molecule has 17 heteroatoms. The van der Waals surface area contributed by atoms with Crippen LogP contribution in [0, 0.1) is 23.7 Å². The zero-order chi connectivity index (χ0) is 47.0. The molecular weight excluding hydrogens is 861 g/mol. The first-order valence-corrected chi connectivity index (χ1v) is 25.6. The molecule has 2 heterocycles. The number of amides is 4. The average molecular weight is 935 g/mol. The van der Waals surface area contributed by atoms with Gasteiger partial charge in [0.15, 0.2) is 5.78 Å². The molecule has 1 saturated heterocycles. The van der Waals surface area contributed by atoms with Gasteiger partial charge in [-0.15, -0.1) is 11.3 Å². The number of aromatic nitrogens is 1. The summed E-state index contributed by atoms with van der Waals surface area (Å²) in [5.74, 6) is -1.02. The minimum Gasteiger partial charge on any atom is -0.448 e. The number of carbonyl (C=O) groups excluding carboxylic acids is 5. The van der Waals surface area contributed by atoms with Crippen molar-refractivity contribution in [1.29, 1.82) is 0 Å². The van der Waals surface area contributed by atoms with Crippen molar-refractivity contribution in [2.75, 3.05) is 65.8 Å². The molecule has 1 aromatic heterocycles. The van der Waals surface area contributed by atoms with E-state index >= 15 is 0 Å². The van der Waals surface area contributed by atoms with Crippen LogP contribution in [0.3, 0.4) is 0 Å². The molecule has 8 atom stereocenters. The summed E-state index contributed by atoms with van der Waals surface area (Å²) in [6, 6.07) is 6.20. The molecule has 1 aromatic carbocycles. The van der Waals surface area contributed by atoms with Gasteiger partial charge in [0.25, 0.3) is 0 Å². The van der Waals surface area contributed by atoms with Gasteiger partial charge in [0, 0.05) is 63.2 Å². The van der Waals surface area contributed by atoms with Crippen molar-refractivity contribution in [2.24, 2.45) is 23.7 Å². The standard InChI is InChI=1S/C46H74N6O8S3/c1-14-30(4)40(51(10)44(56)34(29(2)3)27-38(53)46(6,7)50(8)9)37(58-11)28-39(54)52-22-15-16-36(52)41(59-12)31(5)42(55)49-35(43-47-21-24-62-43)26-32-17-19-33(20-18-32)48-45(57)60-23-25-63-61-13/h17-21,24,29-31,34-37,40-41H,14-16,22-23,25-28H2,1-13H3,(H,48,57)(H,49,55)/t30-,31+,34-,35-,36-,37+,40-,41+/m0/s1. The van der Waals surface area contributed by atoms with Gasteiger partial charge in [-0.3, -0.25) is 29.4 Å². The van der Waals surface area contributed by atoms with Crippen molar-refractivity contribution in [3.05, 3.63) is 46.4 Å². The van der Waals surface area contributed by atoms with Gasteiger partial charge in [-0.25, -0.2) is 9.78 Å². The molecule has 4 amide bonds. The van der Waals surface area contributed by atoms with Gasteiger partial charge in [-0.2, -0.15) is 0 Å². The third-order valence-electron chi connectivity index (χ3n) is 12.8. The molecule has 0 spiro atoms. The Morgan fingerprint density at radius 2 is 1.70 bits per heavy atom. The molecule has 1 fully saturated rings. The Bertz CT molecular complexity index is 1750. The molecule has 0 unspecified atom stereocenters. The summed E-state index contributed by atoms with van der Waals surface area (Å²) in [5.41, 5.74) is 0.810. The third kappa shape index (κ3) is 15.2. The third-order valence-corrected chi connectivity index (χ3v) is 15.5. The summed E-state index contributed by atoms with van der Waals surface area (Å²) in [7, 11) is 11.9. The zero-order valence-electron chi connectivity index (χ0n) is 39.8. The topological polar surface area (TPSA) is 160 Å².